The first-order valence-electron chi connectivity index (χ1n) is 6.00. The van der Waals surface area contributed by atoms with Crippen molar-refractivity contribution in [3.8, 4) is 6.07 Å². The normalized spacial score (nSPS) is 20.1. The molecule has 1 aliphatic heterocycles. The third-order valence-corrected chi connectivity index (χ3v) is 2.95. The van der Waals surface area contributed by atoms with Gasteiger partial charge in [0.15, 0.2) is 6.10 Å². The Morgan fingerprint density at radius 2 is 2.53 bits per heavy atom. The van der Waals surface area contributed by atoms with Crippen LogP contribution in [0.2, 0.25) is 0 Å². The zero-order valence-corrected chi connectivity index (χ0v) is 10.5. The van der Waals surface area contributed by atoms with Crippen molar-refractivity contribution in [1.82, 2.24) is 4.90 Å². The Labute approximate surface area is 110 Å². The first kappa shape index (κ1) is 13.1. The fourth-order valence-corrected chi connectivity index (χ4v) is 1.97. The minimum atomic E-state index is -0.790. The summed E-state index contributed by atoms with van der Waals surface area (Å²) in [7, 11) is 0. The molecule has 6 heteroatoms. The van der Waals surface area contributed by atoms with Gasteiger partial charge in [-0.25, -0.2) is 0 Å². The van der Waals surface area contributed by atoms with Gasteiger partial charge in [-0.2, -0.15) is 5.26 Å². The van der Waals surface area contributed by atoms with E-state index in [0.29, 0.717) is 18.8 Å². The molecule has 0 aromatic carbocycles. The predicted octanol–water partition coefficient (Wildman–Crippen LogP) is 1.08. The van der Waals surface area contributed by atoms with Gasteiger partial charge in [-0.1, -0.05) is 0 Å². The molecular formula is C13H14N2O4. The van der Waals surface area contributed by atoms with Crippen LogP contribution in [0.25, 0.3) is 0 Å². The molecule has 0 saturated carbocycles. The molecule has 0 unspecified atom stereocenters. The van der Waals surface area contributed by atoms with E-state index in [0.717, 1.165) is 0 Å². The lowest BCUT2D eigenvalue weighted by atomic mass is 10.1. The van der Waals surface area contributed by atoms with Gasteiger partial charge < -0.3 is 14.1 Å². The van der Waals surface area contributed by atoms with Crippen molar-refractivity contribution in [3.05, 3.63) is 24.2 Å². The summed E-state index contributed by atoms with van der Waals surface area (Å²) in [4.78, 5) is 25.1. The van der Waals surface area contributed by atoms with Crippen LogP contribution in [0.1, 0.15) is 19.1 Å². The second-order valence-corrected chi connectivity index (χ2v) is 4.46. The molecule has 2 atom stereocenters. The van der Waals surface area contributed by atoms with Crippen LogP contribution in [-0.2, 0) is 20.9 Å². The summed E-state index contributed by atoms with van der Waals surface area (Å²) in [6, 6.07) is 5.34. The molecule has 1 saturated heterocycles. The second-order valence-electron chi connectivity index (χ2n) is 4.46. The van der Waals surface area contributed by atoms with Crippen LogP contribution in [0.5, 0.6) is 0 Å². The lowest BCUT2D eigenvalue weighted by molar-refractivity contribution is -0.150. The monoisotopic (exact) mass is 262 g/mol. The maximum absolute atomic E-state index is 11.8. The van der Waals surface area contributed by atoms with Crippen LogP contribution in [0, 0.1) is 17.2 Å². The quantitative estimate of drug-likeness (QED) is 0.758. The Morgan fingerprint density at radius 1 is 1.74 bits per heavy atom. The van der Waals surface area contributed by atoms with Crippen LogP contribution >= 0.6 is 0 Å². The number of nitriles is 1. The highest BCUT2D eigenvalue weighted by molar-refractivity contribution is 5.86. The summed E-state index contributed by atoms with van der Waals surface area (Å²) in [5.74, 6) is -0.432. The van der Waals surface area contributed by atoms with Crippen molar-refractivity contribution in [3.63, 3.8) is 0 Å². The van der Waals surface area contributed by atoms with Crippen molar-refractivity contribution in [1.29, 1.82) is 5.26 Å². The summed E-state index contributed by atoms with van der Waals surface area (Å²) in [5.41, 5.74) is 0. The van der Waals surface area contributed by atoms with E-state index in [1.54, 1.807) is 17.0 Å². The first-order chi connectivity index (χ1) is 9.10. The van der Waals surface area contributed by atoms with Crippen molar-refractivity contribution in [2.24, 2.45) is 5.92 Å². The molecule has 1 aromatic rings. The van der Waals surface area contributed by atoms with Gasteiger partial charge in [0.25, 0.3) is 0 Å². The number of nitrogens with zero attached hydrogens (tertiary/aromatic N) is 2. The molecule has 1 amide bonds. The van der Waals surface area contributed by atoms with Gasteiger partial charge in [-0.15, -0.1) is 0 Å². The summed E-state index contributed by atoms with van der Waals surface area (Å²) in [6.45, 7) is 2.15. The molecule has 19 heavy (non-hydrogen) atoms. The lowest BCUT2D eigenvalue weighted by Crippen LogP contribution is -2.27. The van der Waals surface area contributed by atoms with Crippen LogP contribution in [0.15, 0.2) is 22.8 Å². The standard InChI is InChI=1S/C13H14N2O4/c1-9(6-14)19-13(17)10-5-12(16)15(7-10)8-11-3-2-4-18-11/h2-4,9-10H,5,7-8H2,1H3/t9-,10-/m0/s1. The SMILES string of the molecule is C[C@@H](C#N)OC(=O)[C@H]1CC(=O)N(Cc2ccco2)C1. The largest absolute Gasteiger partial charge is 0.467 e. The Kier molecular flexibility index (Phi) is 3.85. The number of furan rings is 1. The third-order valence-electron chi connectivity index (χ3n) is 2.95. The van der Waals surface area contributed by atoms with Gasteiger partial charge in [0.05, 0.1) is 18.7 Å². The fourth-order valence-electron chi connectivity index (χ4n) is 1.97. The summed E-state index contributed by atoms with van der Waals surface area (Å²) in [5, 5.41) is 8.58. The number of carbonyl (C=O) groups is 2. The number of rotatable bonds is 4. The van der Waals surface area contributed by atoms with Gasteiger partial charge in [0, 0.05) is 13.0 Å². The van der Waals surface area contributed by atoms with Gasteiger partial charge in [-0.3, -0.25) is 9.59 Å². The second kappa shape index (κ2) is 5.57. The number of hydrogen-bond acceptors (Lipinski definition) is 5. The zero-order valence-electron chi connectivity index (χ0n) is 10.5. The number of hydrogen-bond donors (Lipinski definition) is 0. The van der Waals surface area contributed by atoms with Crippen molar-refractivity contribution in [2.75, 3.05) is 6.54 Å². The number of esters is 1. The highest BCUT2D eigenvalue weighted by Gasteiger charge is 2.36. The molecular weight excluding hydrogens is 248 g/mol. The Morgan fingerprint density at radius 3 is 3.16 bits per heavy atom. The van der Waals surface area contributed by atoms with Gasteiger partial charge in [0.1, 0.15) is 11.8 Å². The van der Waals surface area contributed by atoms with Crippen molar-refractivity contribution >= 4 is 11.9 Å². The number of amides is 1. The van der Waals surface area contributed by atoms with E-state index in [2.05, 4.69) is 0 Å². The molecule has 0 N–H and O–H groups in total. The maximum atomic E-state index is 11.8. The Hall–Kier alpha value is -2.29. The third kappa shape index (κ3) is 3.13. The zero-order chi connectivity index (χ0) is 13.8. The molecule has 0 radical (unpaired) electrons. The predicted molar refractivity (Wildman–Crippen MR) is 63.4 cm³/mol. The van der Waals surface area contributed by atoms with Crippen LogP contribution < -0.4 is 0 Å². The summed E-state index contributed by atoms with van der Waals surface area (Å²) >= 11 is 0. The molecule has 1 aromatic heterocycles. The highest BCUT2D eigenvalue weighted by Crippen LogP contribution is 2.21. The summed E-state index contributed by atoms with van der Waals surface area (Å²) < 4.78 is 10.1. The van der Waals surface area contributed by atoms with E-state index in [4.69, 9.17) is 14.4 Å². The molecule has 0 bridgehead atoms. The Balaban J connectivity index is 1.92. The van der Waals surface area contributed by atoms with E-state index in [1.807, 2.05) is 6.07 Å². The van der Waals surface area contributed by atoms with E-state index < -0.39 is 18.0 Å². The minimum absolute atomic E-state index is 0.108. The fraction of sp³-hybridized carbons (Fsp3) is 0.462. The molecule has 1 aliphatic rings. The average Bonchev–Trinajstić information content (AvgIpc) is 3.00. The maximum Gasteiger partial charge on any atom is 0.312 e. The first-order valence-corrected chi connectivity index (χ1v) is 6.00. The van der Waals surface area contributed by atoms with Gasteiger partial charge in [0.2, 0.25) is 5.91 Å². The number of ether oxygens (including phenoxy) is 1. The smallest absolute Gasteiger partial charge is 0.312 e. The van der Waals surface area contributed by atoms with Crippen molar-refractivity contribution in [2.45, 2.75) is 26.0 Å². The minimum Gasteiger partial charge on any atom is -0.467 e. The van der Waals surface area contributed by atoms with Crippen LogP contribution in [-0.4, -0.2) is 29.4 Å². The molecule has 0 aliphatic carbocycles. The molecule has 2 rings (SSSR count). The number of carbonyl (C=O) groups excluding carboxylic acids is 2. The van der Waals surface area contributed by atoms with E-state index in [-0.39, 0.29) is 12.3 Å². The lowest BCUT2D eigenvalue weighted by Gasteiger charge is -2.15. The van der Waals surface area contributed by atoms with E-state index in [1.165, 1.54) is 13.2 Å². The van der Waals surface area contributed by atoms with Gasteiger partial charge in [-0.05, 0) is 19.1 Å². The molecule has 100 valence electrons. The molecule has 6 nitrogen and oxygen atoms in total. The van der Waals surface area contributed by atoms with Crippen molar-refractivity contribution < 1.29 is 18.7 Å². The molecule has 1 fully saturated rings. The van der Waals surface area contributed by atoms with E-state index in [9.17, 15) is 9.59 Å². The molecule has 0 spiro atoms. The average molecular weight is 262 g/mol. The van der Waals surface area contributed by atoms with Gasteiger partial charge >= 0.3 is 5.97 Å². The Bertz CT molecular complexity index is 503. The van der Waals surface area contributed by atoms with E-state index >= 15 is 0 Å². The van der Waals surface area contributed by atoms with Crippen LogP contribution in [0.4, 0.5) is 0 Å². The molecule has 2 heterocycles. The summed E-state index contributed by atoms with van der Waals surface area (Å²) in [6.07, 6.45) is 0.871. The number of likely N-dealkylation sites (tertiary alicyclic amines) is 1. The topological polar surface area (TPSA) is 83.5 Å². The van der Waals surface area contributed by atoms with Crippen LogP contribution in [0.3, 0.4) is 0 Å². The highest BCUT2D eigenvalue weighted by atomic mass is 16.5.